The van der Waals surface area contributed by atoms with Crippen LogP contribution in [0.25, 0.3) is 10.8 Å². The van der Waals surface area contributed by atoms with E-state index in [1.54, 1.807) is 11.8 Å². The monoisotopic (exact) mass is 205 g/mol. The SMILES string of the molecule is OCCSc1nccc2ccccc12. The Labute approximate surface area is 87.0 Å². The van der Waals surface area contributed by atoms with Crippen LogP contribution in [-0.2, 0) is 0 Å². The number of rotatable bonds is 3. The molecule has 1 N–H and O–H groups in total. The maximum absolute atomic E-state index is 8.75. The molecule has 0 amide bonds. The fraction of sp³-hybridized carbons (Fsp3) is 0.182. The Balaban J connectivity index is 2.43. The van der Waals surface area contributed by atoms with Crippen LogP contribution in [0.1, 0.15) is 0 Å². The molecule has 0 aliphatic heterocycles. The zero-order chi connectivity index (χ0) is 9.80. The summed E-state index contributed by atoms with van der Waals surface area (Å²) in [6.07, 6.45) is 1.81. The summed E-state index contributed by atoms with van der Waals surface area (Å²) < 4.78 is 0. The van der Waals surface area contributed by atoms with Crippen molar-refractivity contribution >= 4 is 22.5 Å². The number of benzene rings is 1. The molecule has 2 rings (SSSR count). The number of aliphatic hydroxyl groups is 1. The van der Waals surface area contributed by atoms with E-state index in [0.29, 0.717) is 5.75 Å². The van der Waals surface area contributed by atoms with Crippen LogP contribution in [0.2, 0.25) is 0 Å². The van der Waals surface area contributed by atoms with Crippen LogP contribution in [0, 0.1) is 0 Å². The van der Waals surface area contributed by atoms with Gasteiger partial charge in [-0.1, -0.05) is 24.3 Å². The van der Waals surface area contributed by atoms with Crippen molar-refractivity contribution in [2.75, 3.05) is 12.4 Å². The van der Waals surface area contributed by atoms with Gasteiger partial charge < -0.3 is 5.11 Å². The minimum Gasteiger partial charge on any atom is -0.396 e. The van der Waals surface area contributed by atoms with Crippen LogP contribution in [0.5, 0.6) is 0 Å². The van der Waals surface area contributed by atoms with E-state index in [4.69, 9.17) is 5.11 Å². The number of aliphatic hydroxyl groups excluding tert-OH is 1. The molecule has 1 aromatic heterocycles. The summed E-state index contributed by atoms with van der Waals surface area (Å²) in [7, 11) is 0. The van der Waals surface area contributed by atoms with Crippen LogP contribution in [-0.4, -0.2) is 22.5 Å². The zero-order valence-electron chi connectivity index (χ0n) is 7.68. The number of thioether (sulfide) groups is 1. The lowest BCUT2D eigenvalue weighted by Gasteiger charge is -2.03. The van der Waals surface area contributed by atoms with Crippen molar-refractivity contribution in [3.63, 3.8) is 0 Å². The third-order valence-corrected chi connectivity index (χ3v) is 2.95. The smallest absolute Gasteiger partial charge is 0.104 e. The molecule has 0 bridgehead atoms. The van der Waals surface area contributed by atoms with Crippen molar-refractivity contribution in [1.82, 2.24) is 4.98 Å². The first kappa shape index (κ1) is 9.49. The fourth-order valence-electron chi connectivity index (χ4n) is 1.35. The molecule has 2 nitrogen and oxygen atoms in total. The highest BCUT2D eigenvalue weighted by molar-refractivity contribution is 7.99. The lowest BCUT2D eigenvalue weighted by molar-refractivity contribution is 0.322. The summed E-state index contributed by atoms with van der Waals surface area (Å²) in [5.74, 6) is 0.695. The lowest BCUT2D eigenvalue weighted by atomic mass is 10.2. The second-order valence-corrected chi connectivity index (χ2v) is 3.99. The number of nitrogens with zero attached hydrogens (tertiary/aromatic N) is 1. The Hall–Kier alpha value is -1.06. The van der Waals surface area contributed by atoms with Crippen molar-refractivity contribution in [3.8, 4) is 0 Å². The highest BCUT2D eigenvalue weighted by atomic mass is 32.2. The first-order valence-electron chi connectivity index (χ1n) is 4.49. The molecule has 1 heterocycles. The van der Waals surface area contributed by atoms with Gasteiger partial charge in [-0.2, -0.15) is 0 Å². The number of aromatic nitrogens is 1. The predicted molar refractivity (Wildman–Crippen MR) is 59.6 cm³/mol. The second-order valence-electron chi connectivity index (χ2n) is 2.91. The predicted octanol–water partition coefficient (Wildman–Crippen LogP) is 2.32. The first-order valence-corrected chi connectivity index (χ1v) is 5.48. The average Bonchev–Trinajstić information content (AvgIpc) is 2.26. The Morgan fingerprint density at radius 2 is 2.07 bits per heavy atom. The Morgan fingerprint density at radius 3 is 2.93 bits per heavy atom. The minimum atomic E-state index is 0.190. The molecule has 0 saturated heterocycles. The maximum atomic E-state index is 8.75. The van der Waals surface area contributed by atoms with E-state index in [-0.39, 0.29) is 6.61 Å². The van der Waals surface area contributed by atoms with Gasteiger partial charge in [0.25, 0.3) is 0 Å². The molecule has 0 atom stereocenters. The van der Waals surface area contributed by atoms with Gasteiger partial charge in [0.2, 0.25) is 0 Å². The Kier molecular flexibility index (Phi) is 3.01. The van der Waals surface area contributed by atoms with Gasteiger partial charge in [-0.3, -0.25) is 0 Å². The zero-order valence-corrected chi connectivity index (χ0v) is 8.50. The van der Waals surface area contributed by atoms with E-state index in [0.717, 1.165) is 10.4 Å². The molecule has 0 radical (unpaired) electrons. The number of hydrogen-bond acceptors (Lipinski definition) is 3. The third kappa shape index (κ3) is 1.89. The van der Waals surface area contributed by atoms with E-state index >= 15 is 0 Å². The highest BCUT2D eigenvalue weighted by Crippen LogP contribution is 2.24. The van der Waals surface area contributed by atoms with Crippen LogP contribution in [0.3, 0.4) is 0 Å². The second kappa shape index (κ2) is 4.44. The average molecular weight is 205 g/mol. The molecule has 0 aliphatic carbocycles. The van der Waals surface area contributed by atoms with E-state index in [9.17, 15) is 0 Å². The first-order chi connectivity index (χ1) is 6.92. The van der Waals surface area contributed by atoms with Crippen molar-refractivity contribution in [1.29, 1.82) is 0 Å². The van der Waals surface area contributed by atoms with Crippen LogP contribution < -0.4 is 0 Å². The molecule has 0 spiro atoms. The van der Waals surface area contributed by atoms with Crippen molar-refractivity contribution in [3.05, 3.63) is 36.5 Å². The van der Waals surface area contributed by atoms with Crippen molar-refractivity contribution in [2.24, 2.45) is 0 Å². The van der Waals surface area contributed by atoms with Gasteiger partial charge in [-0.05, 0) is 11.5 Å². The van der Waals surface area contributed by atoms with Crippen LogP contribution >= 0.6 is 11.8 Å². The van der Waals surface area contributed by atoms with Gasteiger partial charge in [-0.25, -0.2) is 4.98 Å². The maximum Gasteiger partial charge on any atom is 0.104 e. The van der Waals surface area contributed by atoms with E-state index in [1.165, 1.54) is 5.39 Å². The van der Waals surface area contributed by atoms with Gasteiger partial charge in [-0.15, -0.1) is 11.8 Å². The molecule has 72 valence electrons. The summed E-state index contributed by atoms with van der Waals surface area (Å²) in [6, 6.07) is 10.1. The van der Waals surface area contributed by atoms with Gasteiger partial charge in [0, 0.05) is 17.3 Å². The van der Waals surface area contributed by atoms with Crippen molar-refractivity contribution in [2.45, 2.75) is 5.03 Å². The topological polar surface area (TPSA) is 33.1 Å². The quantitative estimate of drug-likeness (QED) is 0.781. The summed E-state index contributed by atoms with van der Waals surface area (Å²) in [5, 5.41) is 12.1. The molecule has 0 saturated carbocycles. The lowest BCUT2D eigenvalue weighted by Crippen LogP contribution is -1.88. The summed E-state index contributed by atoms with van der Waals surface area (Å²) in [6.45, 7) is 0.190. The van der Waals surface area contributed by atoms with Gasteiger partial charge in [0.1, 0.15) is 5.03 Å². The fourth-order valence-corrected chi connectivity index (χ4v) is 2.11. The van der Waals surface area contributed by atoms with Gasteiger partial charge in [0.15, 0.2) is 0 Å². The number of hydrogen-bond donors (Lipinski definition) is 1. The van der Waals surface area contributed by atoms with Crippen LogP contribution in [0.15, 0.2) is 41.6 Å². The van der Waals surface area contributed by atoms with E-state index in [2.05, 4.69) is 17.1 Å². The Bertz CT molecular complexity index is 425. The standard InChI is InChI=1S/C11H11NOS/c13-7-8-14-11-10-4-2-1-3-9(10)5-6-12-11/h1-6,13H,7-8H2. The van der Waals surface area contributed by atoms with Gasteiger partial charge in [0.05, 0.1) is 6.61 Å². The summed E-state index contributed by atoms with van der Waals surface area (Å²) >= 11 is 1.59. The normalized spacial score (nSPS) is 10.6. The minimum absolute atomic E-state index is 0.190. The van der Waals surface area contributed by atoms with Gasteiger partial charge >= 0.3 is 0 Å². The van der Waals surface area contributed by atoms with E-state index in [1.807, 2.05) is 24.4 Å². The molecule has 0 fully saturated rings. The molecular formula is C11H11NOS. The Morgan fingerprint density at radius 1 is 1.21 bits per heavy atom. The molecule has 2 aromatic rings. The molecule has 14 heavy (non-hydrogen) atoms. The van der Waals surface area contributed by atoms with Crippen molar-refractivity contribution < 1.29 is 5.11 Å². The summed E-state index contributed by atoms with van der Waals surface area (Å²) in [4.78, 5) is 4.30. The molecule has 0 aliphatic rings. The highest BCUT2D eigenvalue weighted by Gasteiger charge is 2.00. The van der Waals surface area contributed by atoms with Crippen LogP contribution in [0.4, 0.5) is 0 Å². The molecule has 3 heteroatoms. The van der Waals surface area contributed by atoms with E-state index < -0.39 is 0 Å². The third-order valence-electron chi connectivity index (χ3n) is 1.97. The molecular weight excluding hydrogens is 194 g/mol. The molecule has 0 unspecified atom stereocenters. The molecule has 1 aromatic carbocycles. The largest absolute Gasteiger partial charge is 0.396 e. The summed E-state index contributed by atoms with van der Waals surface area (Å²) in [5.41, 5.74) is 0. The number of pyridine rings is 1. The number of fused-ring (bicyclic) bond motifs is 1.